The van der Waals surface area contributed by atoms with Crippen molar-refractivity contribution in [3.8, 4) is 11.8 Å². The Kier molecular flexibility index (Phi) is 8.18. The highest BCUT2D eigenvalue weighted by atomic mass is 35.5. The van der Waals surface area contributed by atoms with Gasteiger partial charge in [-0.3, -0.25) is 4.79 Å². The number of benzene rings is 3. The van der Waals surface area contributed by atoms with Crippen LogP contribution in [0.15, 0.2) is 103 Å². The second kappa shape index (κ2) is 12.8. The van der Waals surface area contributed by atoms with Crippen LogP contribution in [-0.4, -0.2) is 59.1 Å². The summed E-state index contributed by atoms with van der Waals surface area (Å²) in [5, 5.41) is 43.9. The van der Waals surface area contributed by atoms with Gasteiger partial charge in [0.25, 0.3) is 23.7 Å². The third-order valence-electron chi connectivity index (χ3n) is 7.31. The molecule has 4 N–H and O–H groups in total. The first kappa shape index (κ1) is 32.0. The first-order valence-corrected chi connectivity index (χ1v) is 15.2. The monoisotopic (exact) mass is 710 g/mol. The number of rotatable bonds is 6. The molecule has 7 rings (SSSR count). The van der Waals surface area contributed by atoms with E-state index in [0.29, 0.717) is 21.4 Å². The van der Waals surface area contributed by atoms with E-state index in [-0.39, 0.29) is 40.8 Å². The first-order chi connectivity index (χ1) is 24.0. The number of nitrogens with zero attached hydrogens (tertiary/aromatic N) is 10. The summed E-state index contributed by atoms with van der Waals surface area (Å²) in [6.45, 7) is 1.84. The normalized spacial score (nSPS) is 14.9. The van der Waals surface area contributed by atoms with Crippen molar-refractivity contribution >= 4 is 76.1 Å². The molecule has 0 fully saturated rings. The van der Waals surface area contributed by atoms with Crippen molar-refractivity contribution < 1.29 is 24.6 Å². The molecule has 17 nitrogen and oxygen atoms in total. The van der Waals surface area contributed by atoms with E-state index >= 15 is 0 Å². The van der Waals surface area contributed by atoms with Gasteiger partial charge in [0.05, 0.1) is 0 Å². The van der Waals surface area contributed by atoms with Crippen molar-refractivity contribution in [2.24, 2.45) is 30.4 Å². The predicted octanol–water partition coefficient (Wildman–Crippen LogP) is 7.19. The van der Waals surface area contributed by atoms with Crippen molar-refractivity contribution in [2.45, 2.75) is 12.8 Å². The SMILES string of the molecule is Cc1ccc(C(=O)[C@H](c2nc3n(c2O)C(=NC(=O)Nc2ccc(Cl)cc2)N=N3)c2nc(O)c3n2C(=NC(=O)Nc2ccc(Cl)cc2)N=N3)cc1. The lowest BCUT2D eigenvalue weighted by Gasteiger charge is -2.15. The fraction of sp³-hybridized carbons (Fsp3) is 0.0645. The molecule has 0 saturated heterocycles. The summed E-state index contributed by atoms with van der Waals surface area (Å²) in [4.78, 5) is 56.3. The number of carbonyl (C=O) groups excluding carboxylic acids is 3. The molecule has 3 aromatic carbocycles. The highest BCUT2D eigenvalue weighted by Gasteiger charge is 2.40. The van der Waals surface area contributed by atoms with Crippen LogP contribution in [0.4, 0.5) is 32.7 Å². The van der Waals surface area contributed by atoms with E-state index in [2.05, 4.69) is 51.0 Å². The zero-order valence-electron chi connectivity index (χ0n) is 25.4. The number of aliphatic imine (C=N–C) groups is 2. The quantitative estimate of drug-likeness (QED) is 0.132. The lowest BCUT2D eigenvalue weighted by molar-refractivity contribution is 0.0968. The van der Waals surface area contributed by atoms with E-state index in [1.807, 2.05) is 6.92 Å². The van der Waals surface area contributed by atoms with Crippen molar-refractivity contribution in [2.75, 3.05) is 10.6 Å². The number of ketones is 1. The lowest BCUT2D eigenvalue weighted by Crippen LogP contribution is -2.23. The zero-order chi connectivity index (χ0) is 35.1. The molecule has 248 valence electrons. The third-order valence-corrected chi connectivity index (χ3v) is 7.81. The van der Waals surface area contributed by atoms with Crippen LogP contribution in [-0.2, 0) is 0 Å². The minimum atomic E-state index is -1.57. The number of hydrogen-bond donors (Lipinski definition) is 4. The number of carbonyl (C=O) groups is 3. The van der Waals surface area contributed by atoms with Crippen LogP contribution in [0, 0.1) is 6.92 Å². The number of hydrogen-bond acceptors (Lipinski definition) is 9. The van der Waals surface area contributed by atoms with Crippen molar-refractivity contribution in [1.82, 2.24) is 19.1 Å². The van der Waals surface area contributed by atoms with Crippen molar-refractivity contribution in [3.05, 3.63) is 105 Å². The fourth-order valence-corrected chi connectivity index (χ4v) is 5.23. The molecule has 0 bridgehead atoms. The summed E-state index contributed by atoms with van der Waals surface area (Å²) in [6, 6.07) is 17.4. The third kappa shape index (κ3) is 6.09. The molecule has 4 amide bonds. The van der Waals surface area contributed by atoms with Gasteiger partial charge in [0.2, 0.25) is 11.7 Å². The average molecular weight is 711 g/mol. The van der Waals surface area contributed by atoms with Gasteiger partial charge in [0.15, 0.2) is 5.78 Å². The zero-order valence-corrected chi connectivity index (χ0v) is 26.9. The van der Waals surface area contributed by atoms with Crippen LogP contribution in [0.2, 0.25) is 10.0 Å². The molecule has 0 saturated carbocycles. The van der Waals surface area contributed by atoms with Crippen LogP contribution >= 0.6 is 23.2 Å². The molecule has 5 aromatic rings. The molecular formula is C31H20Cl2N12O5. The minimum Gasteiger partial charge on any atom is -0.493 e. The molecular weight excluding hydrogens is 691 g/mol. The van der Waals surface area contributed by atoms with E-state index in [4.69, 9.17) is 23.2 Å². The van der Waals surface area contributed by atoms with Crippen LogP contribution in [0.3, 0.4) is 0 Å². The van der Waals surface area contributed by atoms with Crippen molar-refractivity contribution in [1.29, 1.82) is 0 Å². The predicted molar refractivity (Wildman–Crippen MR) is 181 cm³/mol. The second-order valence-corrected chi connectivity index (χ2v) is 11.5. The second-order valence-electron chi connectivity index (χ2n) is 10.7. The number of aromatic nitrogens is 4. The van der Waals surface area contributed by atoms with Gasteiger partial charge in [0.1, 0.15) is 17.4 Å². The Morgan fingerprint density at radius 2 is 1.26 bits per heavy atom. The summed E-state index contributed by atoms with van der Waals surface area (Å²) < 4.78 is 2.05. The van der Waals surface area contributed by atoms with Crippen LogP contribution in [0.1, 0.15) is 33.4 Å². The fourth-order valence-electron chi connectivity index (χ4n) is 4.97. The number of azo groups is 2. The molecule has 50 heavy (non-hydrogen) atoms. The summed E-state index contributed by atoms with van der Waals surface area (Å²) in [5.41, 5.74) is 1.54. The molecule has 2 aromatic heterocycles. The maximum atomic E-state index is 14.3. The number of nitrogens with one attached hydrogen (secondary N) is 2. The summed E-state index contributed by atoms with van der Waals surface area (Å²) in [7, 11) is 0. The van der Waals surface area contributed by atoms with Gasteiger partial charge >= 0.3 is 12.1 Å². The standard InChI is InChI=1S/C31H20Cl2N12O5/c1-14-2-4-15(5-3-14)22(46)20(21-26(48)45-27(36-21)42-43-29(45)39-31(50)35-19-12-8-17(33)9-13-19)23-37-25(47)24-40-41-28(44(23)24)38-30(49)34-18-10-6-16(32)7-11-18/h2-13,20,47-48H,1H3,(H,34,49)(H,35,50)/t20-/m0/s1. The number of urea groups is 2. The number of aromatic hydroxyl groups is 2. The Morgan fingerprint density at radius 1 is 0.720 bits per heavy atom. The summed E-state index contributed by atoms with van der Waals surface area (Å²) >= 11 is 11.8. The number of halogens is 2. The molecule has 1 atom stereocenters. The van der Waals surface area contributed by atoms with E-state index < -0.39 is 35.5 Å². The Hall–Kier alpha value is -6.59. The van der Waals surface area contributed by atoms with Gasteiger partial charge in [0, 0.05) is 27.0 Å². The van der Waals surface area contributed by atoms with Gasteiger partial charge in [-0.25, -0.2) is 23.7 Å². The molecule has 2 aliphatic heterocycles. The van der Waals surface area contributed by atoms with Gasteiger partial charge < -0.3 is 20.8 Å². The Labute approximate surface area is 290 Å². The number of imidazole rings is 2. The average Bonchev–Trinajstić information content (AvgIpc) is 3.84. The van der Waals surface area contributed by atoms with Gasteiger partial charge in [-0.15, -0.1) is 20.5 Å². The first-order valence-electron chi connectivity index (χ1n) is 14.4. The van der Waals surface area contributed by atoms with Gasteiger partial charge in [-0.2, -0.15) is 15.0 Å². The molecule has 2 aliphatic rings. The maximum Gasteiger partial charge on any atom is 0.348 e. The Morgan fingerprint density at radius 3 is 1.84 bits per heavy atom. The minimum absolute atomic E-state index is 0.189. The van der Waals surface area contributed by atoms with Gasteiger partial charge in [-0.1, -0.05) is 53.0 Å². The molecule has 0 radical (unpaired) electrons. The van der Waals surface area contributed by atoms with Crippen LogP contribution in [0.5, 0.6) is 11.8 Å². The van der Waals surface area contributed by atoms with Crippen molar-refractivity contribution in [3.63, 3.8) is 0 Å². The molecule has 0 aliphatic carbocycles. The maximum absolute atomic E-state index is 14.3. The number of aryl methyl sites for hydroxylation is 1. The molecule has 4 heterocycles. The Balaban J connectivity index is 1.29. The largest absolute Gasteiger partial charge is 0.493 e. The van der Waals surface area contributed by atoms with Gasteiger partial charge in [-0.05, 0) is 55.5 Å². The van der Waals surface area contributed by atoms with E-state index in [1.165, 1.54) is 0 Å². The topological polar surface area (TPSA) is 226 Å². The smallest absolute Gasteiger partial charge is 0.348 e. The number of fused-ring (bicyclic) bond motifs is 2. The van der Waals surface area contributed by atoms with E-state index in [1.54, 1.807) is 72.8 Å². The van der Waals surface area contributed by atoms with Crippen LogP contribution in [0.25, 0.3) is 0 Å². The summed E-state index contributed by atoms with van der Waals surface area (Å²) in [5.74, 6) is -4.87. The van der Waals surface area contributed by atoms with E-state index in [0.717, 1.165) is 14.7 Å². The number of Topliss-reactive ketones (excluding diaryl/α,β-unsaturated/α-hetero) is 1. The highest BCUT2D eigenvalue weighted by Crippen LogP contribution is 2.42. The molecule has 0 unspecified atom stereocenters. The number of amides is 4. The number of anilines is 2. The summed E-state index contributed by atoms with van der Waals surface area (Å²) in [6.07, 6.45) is 0. The van der Waals surface area contributed by atoms with E-state index in [9.17, 15) is 24.6 Å². The lowest BCUT2D eigenvalue weighted by atomic mass is 9.93. The highest BCUT2D eigenvalue weighted by molar-refractivity contribution is 6.31. The van der Waals surface area contributed by atoms with Crippen LogP contribution < -0.4 is 10.6 Å². The Bertz CT molecular complexity index is 2330. The molecule has 0 spiro atoms. The molecule has 19 heteroatoms.